The van der Waals surface area contributed by atoms with E-state index in [-0.39, 0.29) is 11.8 Å². The van der Waals surface area contributed by atoms with Crippen molar-refractivity contribution in [2.45, 2.75) is 33.6 Å². The van der Waals surface area contributed by atoms with Crippen molar-refractivity contribution < 1.29 is 9.90 Å². The van der Waals surface area contributed by atoms with Gasteiger partial charge >= 0.3 is 5.97 Å². The van der Waals surface area contributed by atoms with E-state index in [0.717, 1.165) is 6.42 Å². The van der Waals surface area contributed by atoms with E-state index >= 15 is 0 Å². The highest BCUT2D eigenvalue weighted by atomic mass is 16.4. The highest BCUT2D eigenvalue weighted by Crippen LogP contribution is 2.18. The van der Waals surface area contributed by atoms with Crippen LogP contribution < -0.4 is 0 Å². The lowest BCUT2D eigenvalue weighted by Crippen LogP contribution is -2.02. The van der Waals surface area contributed by atoms with Crippen molar-refractivity contribution in [3.63, 3.8) is 0 Å². The first-order chi connectivity index (χ1) is 4.92. The summed E-state index contributed by atoms with van der Waals surface area (Å²) in [7, 11) is 0. The molecule has 0 spiro atoms. The smallest absolute Gasteiger partial charge is 0.307 e. The first kappa shape index (κ1) is 10.2. The van der Waals surface area contributed by atoms with Gasteiger partial charge in [0.05, 0.1) is 6.42 Å². The maximum absolute atomic E-state index is 10.1. The Bertz CT molecular complexity index is 151. The van der Waals surface area contributed by atoms with Crippen LogP contribution in [0.2, 0.25) is 0 Å². The molecule has 0 aromatic rings. The molecule has 0 aliphatic carbocycles. The van der Waals surface area contributed by atoms with E-state index < -0.39 is 5.97 Å². The summed E-state index contributed by atoms with van der Waals surface area (Å²) in [5.41, 5.74) is 0.259. The second-order valence-corrected chi connectivity index (χ2v) is 3.83. The third kappa shape index (κ3) is 9.21. The number of carbonyl (C=O) groups is 1. The average Bonchev–Trinajstić information content (AvgIpc) is 1.78. The lowest BCUT2D eigenvalue weighted by Gasteiger charge is -2.14. The van der Waals surface area contributed by atoms with Crippen LogP contribution in [0.1, 0.15) is 33.6 Å². The highest BCUT2D eigenvalue weighted by molar-refractivity contribution is 5.68. The molecule has 0 aromatic carbocycles. The monoisotopic (exact) mass is 156 g/mol. The van der Waals surface area contributed by atoms with Gasteiger partial charge < -0.3 is 5.11 Å². The molecular formula is C9H16O2. The van der Waals surface area contributed by atoms with Crippen molar-refractivity contribution >= 4 is 5.97 Å². The lowest BCUT2D eigenvalue weighted by atomic mass is 9.92. The van der Waals surface area contributed by atoms with Crippen LogP contribution in [0.5, 0.6) is 0 Å². The number of aliphatic carboxylic acids is 1. The van der Waals surface area contributed by atoms with Crippen LogP contribution in [0.25, 0.3) is 0 Å². The zero-order valence-electron chi connectivity index (χ0n) is 7.42. The van der Waals surface area contributed by atoms with E-state index in [1.54, 1.807) is 6.08 Å². The molecule has 11 heavy (non-hydrogen) atoms. The Morgan fingerprint density at radius 1 is 1.36 bits per heavy atom. The summed E-state index contributed by atoms with van der Waals surface area (Å²) in [6, 6.07) is 0. The fourth-order valence-electron chi connectivity index (χ4n) is 0.621. The van der Waals surface area contributed by atoms with Crippen molar-refractivity contribution in [1.82, 2.24) is 0 Å². The molecule has 0 aliphatic heterocycles. The Labute approximate surface area is 67.9 Å². The minimum atomic E-state index is -0.768. The molecule has 0 rings (SSSR count). The summed E-state index contributed by atoms with van der Waals surface area (Å²) >= 11 is 0. The van der Waals surface area contributed by atoms with E-state index in [4.69, 9.17) is 5.11 Å². The molecule has 0 unspecified atom stereocenters. The molecule has 0 aromatic heterocycles. The third-order valence-electron chi connectivity index (χ3n) is 1.19. The van der Waals surface area contributed by atoms with Crippen molar-refractivity contribution in [2.75, 3.05) is 0 Å². The molecule has 0 fully saturated rings. The van der Waals surface area contributed by atoms with Gasteiger partial charge in [-0.25, -0.2) is 0 Å². The Balaban J connectivity index is 3.53. The predicted molar refractivity (Wildman–Crippen MR) is 45.5 cm³/mol. The number of allylic oxidation sites excluding steroid dienone is 1. The summed E-state index contributed by atoms with van der Waals surface area (Å²) in [6.45, 7) is 6.37. The van der Waals surface area contributed by atoms with E-state index in [1.807, 2.05) is 6.08 Å². The standard InChI is InChI=1S/C9H16O2/c1-9(2,3)7-5-4-6-8(10)11/h4-5H,6-7H2,1-3H3,(H,10,11)/b5-4-. The molecule has 2 heteroatoms. The Kier molecular flexibility index (Phi) is 3.86. The third-order valence-corrected chi connectivity index (χ3v) is 1.19. The molecule has 0 radical (unpaired) electrons. The number of carboxylic acid groups (broad SMARTS) is 1. The second kappa shape index (κ2) is 4.16. The average molecular weight is 156 g/mol. The molecule has 0 bridgehead atoms. The number of carboxylic acids is 1. The van der Waals surface area contributed by atoms with Gasteiger partial charge in [0.2, 0.25) is 0 Å². The van der Waals surface area contributed by atoms with E-state index in [0.29, 0.717) is 0 Å². The van der Waals surface area contributed by atoms with Crippen LogP contribution in [-0.4, -0.2) is 11.1 Å². The predicted octanol–water partition coefficient (Wildman–Crippen LogP) is 2.45. The van der Waals surface area contributed by atoms with Gasteiger partial charge in [-0.2, -0.15) is 0 Å². The molecule has 0 aliphatic rings. The van der Waals surface area contributed by atoms with Gasteiger partial charge in [0.25, 0.3) is 0 Å². The van der Waals surface area contributed by atoms with Gasteiger partial charge in [-0.15, -0.1) is 0 Å². The molecule has 0 saturated heterocycles. The normalized spacial score (nSPS) is 12.3. The maximum atomic E-state index is 10.1. The minimum Gasteiger partial charge on any atom is -0.481 e. The second-order valence-electron chi connectivity index (χ2n) is 3.83. The largest absolute Gasteiger partial charge is 0.481 e. The van der Waals surface area contributed by atoms with Gasteiger partial charge in [-0.05, 0) is 11.8 Å². The van der Waals surface area contributed by atoms with Crippen LogP contribution in [0.15, 0.2) is 12.2 Å². The Morgan fingerprint density at radius 2 is 1.91 bits per heavy atom. The number of hydrogen-bond acceptors (Lipinski definition) is 1. The summed E-state index contributed by atoms with van der Waals surface area (Å²) in [6.07, 6.45) is 4.69. The number of hydrogen-bond donors (Lipinski definition) is 1. The lowest BCUT2D eigenvalue weighted by molar-refractivity contribution is -0.136. The van der Waals surface area contributed by atoms with Crippen LogP contribution in [-0.2, 0) is 4.79 Å². The summed E-state index contributed by atoms with van der Waals surface area (Å²) < 4.78 is 0. The molecule has 0 saturated carbocycles. The topological polar surface area (TPSA) is 37.3 Å². The van der Waals surface area contributed by atoms with Crippen molar-refractivity contribution in [2.24, 2.45) is 5.41 Å². The van der Waals surface area contributed by atoms with Crippen LogP contribution >= 0.6 is 0 Å². The zero-order chi connectivity index (χ0) is 8.91. The molecule has 0 amide bonds. The summed E-state index contributed by atoms with van der Waals surface area (Å²) in [4.78, 5) is 10.1. The molecular weight excluding hydrogens is 140 g/mol. The zero-order valence-corrected chi connectivity index (χ0v) is 7.42. The van der Waals surface area contributed by atoms with E-state index in [2.05, 4.69) is 20.8 Å². The van der Waals surface area contributed by atoms with Crippen LogP contribution in [0, 0.1) is 5.41 Å². The van der Waals surface area contributed by atoms with Gasteiger partial charge in [0, 0.05) is 0 Å². The fraction of sp³-hybridized carbons (Fsp3) is 0.667. The molecule has 2 nitrogen and oxygen atoms in total. The summed E-state index contributed by atoms with van der Waals surface area (Å²) in [5, 5.41) is 8.29. The Morgan fingerprint density at radius 3 is 2.27 bits per heavy atom. The van der Waals surface area contributed by atoms with Gasteiger partial charge in [-0.1, -0.05) is 32.9 Å². The molecule has 0 heterocycles. The maximum Gasteiger partial charge on any atom is 0.307 e. The van der Waals surface area contributed by atoms with Crippen molar-refractivity contribution in [3.05, 3.63) is 12.2 Å². The molecule has 0 atom stereocenters. The van der Waals surface area contributed by atoms with Gasteiger partial charge in [0.1, 0.15) is 0 Å². The van der Waals surface area contributed by atoms with Crippen LogP contribution in [0.3, 0.4) is 0 Å². The van der Waals surface area contributed by atoms with Crippen molar-refractivity contribution in [3.8, 4) is 0 Å². The fourth-order valence-corrected chi connectivity index (χ4v) is 0.621. The van der Waals surface area contributed by atoms with E-state index in [9.17, 15) is 4.79 Å². The first-order valence-electron chi connectivity index (χ1n) is 3.78. The summed E-state index contributed by atoms with van der Waals surface area (Å²) in [5.74, 6) is -0.768. The first-order valence-corrected chi connectivity index (χ1v) is 3.78. The number of rotatable bonds is 3. The van der Waals surface area contributed by atoms with Gasteiger partial charge in [0.15, 0.2) is 0 Å². The Hall–Kier alpha value is -0.790. The van der Waals surface area contributed by atoms with E-state index in [1.165, 1.54) is 0 Å². The molecule has 64 valence electrons. The quantitative estimate of drug-likeness (QED) is 0.637. The molecule has 1 N–H and O–H groups in total. The minimum absolute atomic E-state index is 0.135. The highest BCUT2D eigenvalue weighted by Gasteiger charge is 2.06. The van der Waals surface area contributed by atoms with Crippen LogP contribution in [0.4, 0.5) is 0 Å². The SMILES string of the molecule is CC(C)(C)C/C=C\CC(=O)O. The van der Waals surface area contributed by atoms with Gasteiger partial charge in [-0.3, -0.25) is 4.79 Å². The van der Waals surface area contributed by atoms with Crippen molar-refractivity contribution in [1.29, 1.82) is 0 Å².